The monoisotopic (exact) mass is 524 g/mol. The zero-order chi connectivity index (χ0) is 25.5. The van der Waals surface area contributed by atoms with Gasteiger partial charge in [-0.1, -0.05) is 36.4 Å². The summed E-state index contributed by atoms with van der Waals surface area (Å²) in [4.78, 5) is 24.9. The quantitative estimate of drug-likeness (QED) is 0.211. The molecule has 9 nitrogen and oxygen atoms in total. The van der Waals surface area contributed by atoms with Crippen molar-refractivity contribution in [3.8, 4) is 17.2 Å². The van der Waals surface area contributed by atoms with Gasteiger partial charge in [-0.2, -0.15) is 0 Å². The number of sulfonamides is 1. The van der Waals surface area contributed by atoms with Crippen LogP contribution < -0.4 is 14.8 Å². The number of anilines is 2. The average molecular weight is 525 g/mol. The van der Waals surface area contributed by atoms with Gasteiger partial charge in [-0.3, -0.25) is 9.52 Å². The zero-order valence-electron chi connectivity index (χ0n) is 18.6. The van der Waals surface area contributed by atoms with Crippen molar-refractivity contribution in [1.82, 2.24) is 0 Å². The molecule has 1 aromatic heterocycles. The molecule has 1 heterocycles. The molecule has 3 N–H and O–H groups in total. The number of thiophene rings is 1. The molecule has 1 amide bonds. The minimum atomic E-state index is -3.85. The van der Waals surface area contributed by atoms with Gasteiger partial charge in [-0.15, -0.1) is 11.3 Å². The summed E-state index contributed by atoms with van der Waals surface area (Å²) in [5.41, 5.74) is 0.113. The van der Waals surface area contributed by atoms with E-state index in [2.05, 4.69) is 10.0 Å². The first-order valence-electron chi connectivity index (χ1n) is 10.5. The minimum absolute atomic E-state index is 0.0459. The predicted molar refractivity (Wildman–Crippen MR) is 135 cm³/mol. The Morgan fingerprint density at radius 3 is 2.42 bits per heavy atom. The van der Waals surface area contributed by atoms with Crippen LogP contribution in [0.15, 0.2) is 94.5 Å². The predicted octanol–water partition coefficient (Wildman–Crippen LogP) is 4.84. The number of hydrogen-bond donors (Lipinski definition) is 3. The first-order valence-corrected chi connectivity index (χ1v) is 12.9. The van der Waals surface area contributed by atoms with Crippen molar-refractivity contribution in [2.24, 2.45) is 0 Å². The van der Waals surface area contributed by atoms with E-state index in [1.54, 1.807) is 47.8 Å². The van der Waals surface area contributed by atoms with Gasteiger partial charge < -0.3 is 19.9 Å². The first-order chi connectivity index (χ1) is 17.3. The van der Waals surface area contributed by atoms with Gasteiger partial charge in [0.1, 0.15) is 21.3 Å². The number of aromatic hydroxyl groups is 1. The molecule has 0 spiro atoms. The van der Waals surface area contributed by atoms with Crippen LogP contribution in [-0.4, -0.2) is 32.0 Å². The van der Waals surface area contributed by atoms with E-state index in [-0.39, 0.29) is 15.5 Å². The number of phenols is 1. The Bertz CT molecular complexity index is 1470. The molecule has 36 heavy (non-hydrogen) atoms. The fraction of sp³-hybridized carbons (Fsp3) is 0.0400. The van der Waals surface area contributed by atoms with Gasteiger partial charge in [0.2, 0.25) is 0 Å². The molecule has 0 saturated heterocycles. The summed E-state index contributed by atoms with van der Waals surface area (Å²) in [6.07, 6.45) is 0. The van der Waals surface area contributed by atoms with Crippen molar-refractivity contribution < 1.29 is 32.6 Å². The molecular weight excluding hydrogens is 504 g/mol. The summed E-state index contributed by atoms with van der Waals surface area (Å²) in [5.74, 6) is -1.10. The Hall–Kier alpha value is -4.35. The van der Waals surface area contributed by atoms with Crippen LogP contribution in [-0.2, 0) is 19.6 Å². The second-order valence-corrected chi connectivity index (χ2v) is 10.2. The lowest BCUT2D eigenvalue weighted by molar-refractivity contribution is -0.119. The zero-order valence-corrected chi connectivity index (χ0v) is 20.2. The number of ether oxygens (including phenoxy) is 2. The number of para-hydroxylation sites is 3. The largest absolute Gasteiger partial charge is 0.507 e. The number of amides is 1. The van der Waals surface area contributed by atoms with Crippen LogP contribution in [0.5, 0.6) is 17.2 Å². The molecule has 0 unspecified atom stereocenters. The van der Waals surface area contributed by atoms with E-state index in [1.165, 1.54) is 12.1 Å². The summed E-state index contributed by atoms with van der Waals surface area (Å²) >= 11 is 1.03. The van der Waals surface area contributed by atoms with E-state index in [9.17, 15) is 23.1 Å². The van der Waals surface area contributed by atoms with Crippen LogP contribution in [0.25, 0.3) is 0 Å². The van der Waals surface area contributed by atoms with Crippen LogP contribution in [0.1, 0.15) is 10.4 Å². The molecule has 0 fully saturated rings. The highest BCUT2D eigenvalue weighted by Crippen LogP contribution is 2.29. The van der Waals surface area contributed by atoms with Gasteiger partial charge in [0.05, 0.1) is 5.69 Å². The lowest BCUT2D eigenvalue weighted by Gasteiger charge is -2.13. The molecular formula is C25H20N2O7S2. The molecule has 184 valence electrons. The van der Waals surface area contributed by atoms with E-state index < -0.39 is 34.3 Å². The van der Waals surface area contributed by atoms with Crippen LogP contribution in [0.3, 0.4) is 0 Å². The molecule has 0 aliphatic heterocycles. The highest BCUT2D eigenvalue weighted by Gasteiger charge is 2.19. The number of carbonyl (C=O) groups is 2. The standard InChI is InChI=1S/C25H20N2O7S2/c28-21-13-12-17(27-36(31,32)24-11-6-14-35-24)15-19(21)25(30)33-16-23(29)26-20-9-4-5-10-22(20)34-18-7-2-1-3-8-18/h1-15,27-28H,16H2,(H,26,29). The summed E-state index contributed by atoms with van der Waals surface area (Å²) in [6, 6.07) is 22.4. The van der Waals surface area contributed by atoms with Crippen LogP contribution in [0.4, 0.5) is 11.4 Å². The molecule has 0 saturated carbocycles. The van der Waals surface area contributed by atoms with Gasteiger partial charge in [0.15, 0.2) is 12.4 Å². The lowest BCUT2D eigenvalue weighted by atomic mass is 10.2. The van der Waals surface area contributed by atoms with Gasteiger partial charge >= 0.3 is 5.97 Å². The van der Waals surface area contributed by atoms with Crippen LogP contribution in [0, 0.1) is 0 Å². The van der Waals surface area contributed by atoms with Gasteiger partial charge in [-0.05, 0) is 53.9 Å². The summed E-state index contributed by atoms with van der Waals surface area (Å²) in [6.45, 7) is -0.650. The van der Waals surface area contributed by atoms with Gasteiger partial charge in [0.25, 0.3) is 15.9 Å². The van der Waals surface area contributed by atoms with Gasteiger partial charge in [-0.25, -0.2) is 13.2 Å². The maximum Gasteiger partial charge on any atom is 0.342 e. The van der Waals surface area contributed by atoms with E-state index in [0.29, 0.717) is 17.2 Å². The Labute approximate surface area is 211 Å². The number of esters is 1. The Balaban J connectivity index is 1.39. The molecule has 0 radical (unpaired) electrons. The number of nitrogens with one attached hydrogen (secondary N) is 2. The van der Waals surface area contributed by atoms with Crippen LogP contribution in [0.2, 0.25) is 0 Å². The minimum Gasteiger partial charge on any atom is -0.507 e. The van der Waals surface area contributed by atoms with Crippen molar-refractivity contribution in [2.45, 2.75) is 4.21 Å². The number of hydrogen-bond acceptors (Lipinski definition) is 8. The third kappa shape index (κ3) is 6.20. The molecule has 4 rings (SSSR count). The third-order valence-electron chi connectivity index (χ3n) is 4.70. The van der Waals surface area contributed by atoms with Crippen molar-refractivity contribution in [3.63, 3.8) is 0 Å². The second-order valence-electron chi connectivity index (χ2n) is 7.31. The highest BCUT2D eigenvalue weighted by molar-refractivity contribution is 7.94. The van der Waals surface area contributed by atoms with Gasteiger partial charge in [0, 0.05) is 5.69 Å². The lowest BCUT2D eigenvalue weighted by Crippen LogP contribution is -2.21. The molecule has 0 aliphatic rings. The summed E-state index contributed by atoms with van der Waals surface area (Å²) in [5, 5.41) is 14.3. The van der Waals surface area contributed by atoms with Crippen molar-refractivity contribution in [2.75, 3.05) is 16.6 Å². The fourth-order valence-electron chi connectivity index (χ4n) is 3.05. The molecule has 0 aliphatic carbocycles. The van der Waals surface area contributed by atoms with E-state index in [4.69, 9.17) is 9.47 Å². The van der Waals surface area contributed by atoms with Crippen molar-refractivity contribution in [3.05, 3.63) is 95.9 Å². The van der Waals surface area contributed by atoms with Crippen molar-refractivity contribution >= 4 is 44.6 Å². The SMILES string of the molecule is O=C(COC(=O)c1cc(NS(=O)(=O)c2cccs2)ccc1O)Nc1ccccc1Oc1ccccc1. The second kappa shape index (κ2) is 10.9. The molecule has 0 atom stereocenters. The van der Waals surface area contributed by atoms with E-state index in [0.717, 1.165) is 23.5 Å². The average Bonchev–Trinajstić information content (AvgIpc) is 3.42. The third-order valence-corrected chi connectivity index (χ3v) is 7.47. The number of benzene rings is 3. The normalized spacial score (nSPS) is 10.9. The topological polar surface area (TPSA) is 131 Å². The van der Waals surface area contributed by atoms with E-state index >= 15 is 0 Å². The smallest absolute Gasteiger partial charge is 0.342 e. The van der Waals surface area contributed by atoms with E-state index in [1.807, 2.05) is 18.2 Å². The Kier molecular flexibility index (Phi) is 7.52. The number of carbonyl (C=O) groups excluding carboxylic acids is 2. The molecule has 4 aromatic rings. The fourth-order valence-corrected chi connectivity index (χ4v) is 5.10. The summed E-state index contributed by atoms with van der Waals surface area (Å²) in [7, 11) is -3.85. The number of phenolic OH excluding ortho intramolecular Hbond substituents is 1. The number of rotatable bonds is 9. The summed E-state index contributed by atoms with van der Waals surface area (Å²) < 4.78 is 38.1. The van der Waals surface area contributed by atoms with Crippen molar-refractivity contribution in [1.29, 1.82) is 0 Å². The maximum absolute atomic E-state index is 12.5. The Morgan fingerprint density at radius 2 is 1.67 bits per heavy atom. The molecule has 0 bridgehead atoms. The molecule has 11 heteroatoms. The highest BCUT2D eigenvalue weighted by atomic mass is 32.2. The first kappa shape index (κ1) is 24.8. The molecule has 3 aromatic carbocycles. The maximum atomic E-state index is 12.5. The Morgan fingerprint density at radius 1 is 0.917 bits per heavy atom. The van der Waals surface area contributed by atoms with Crippen LogP contribution >= 0.6 is 11.3 Å².